The molecule has 0 saturated carbocycles. The van der Waals surface area contributed by atoms with E-state index in [1.165, 1.54) is 33.1 Å². The van der Waals surface area contributed by atoms with Gasteiger partial charge < -0.3 is 14.2 Å². The van der Waals surface area contributed by atoms with Crippen LogP contribution in [0.25, 0.3) is 0 Å². The van der Waals surface area contributed by atoms with E-state index >= 15 is 0 Å². The molecule has 0 unspecified atom stereocenters. The maximum Gasteiger partial charge on any atom is 0.305 e. The molecule has 3 atom stereocenters. The lowest BCUT2D eigenvalue weighted by Gasteiger charge is -2.32. The number of ketones is 2. The van der Waals surface area contributed by atoms with Crippen molar-refractivity contribution >= 4 is 17.5 Å². The molecule has 1 saturated heterocycles. The molecule has 0 aliphatic carbocycles. The molecule has 1 heterocycles. The lowest BCUT2D eigenvalue weighted by molar-refractivity contribution is -0.187. The van der Waals surface area contributed by atoms with Gasteiger partial charge in [-0.2, -0.15) is 0 Å². The van der Waals surface area contributed by atoms with Crippen LogP contribution in [0.3, 0.4) is 0 Å². The normalized spacial score (nSPS) is 22.8. The Morgan fingerprint density at radius 1 is 1.14 bits per heavy atom. The molecule has 0 N–H and O–H groups in total. The van der Waals surface area contributed by atoms with E-state index in [0.29, 0.717) is 12.8 Å². The van der Waals surface area contributed by atoms with Crippen LogP contribution in [-0.2, 0) is 28.6 Å². The first kappa shape index (κ1) is 24.2. The predicted octanol–water partition coefficient (Wildman–Crippen LogP) is 3.93. The first-order valence-electron chi connectivity index (χ1n) is 10.2. The molecule has 0 aromatic carbocycles. The van der Waals surface area contributed by atoms with Gasteiger partial charge in [0.2, 0.25) is 0 Å². The van der Waals surface area contributed by atoms with Crippen molar-refractivity contribution in [1.82, 2.24) is 0 Å². The van der Waals surface area contributed by atoms with Gasteiger partial charge in [-0.25, -0.2) is 0 Å². The van der Waals surface area contributed by atoms with Crippen molar-refractivity contribution in [2.24, 2.45) is 5.92 Å². The zero-order chi connectivity index (χ0) is 20.8. The molecule has 6 nitrogen and oxygen atoms in total. The smallest absolute Gasteiger partial charge is 0.305 e. The summed E-state index contributed by atoms with van der Waals surface area (Å²) in [5.41, 5.74) is 0. The fourth-order valence-corrected chi connectivity index (χ4v) is 3.07. The van der Waals surface area contributed by atoms with Crippen LogP contribution in [0.4, 0.5) is 0 Å². The van der Waals surface area contributed by atoms with E-state index in [2.05, 4.69) is 17.7 Å². The predicted molar refractivity (Wildman–Crippen MR) is 107 cm³/mol. The summed E-state index contributed by atoms with van der Waals surface area (Å²) in [6.07, 6.45) is 12.4. The highest BCUT2D eigenvalue weighted by Crippen LogP contribution is 2.27. The average Bonchev–Trinajstić information content (AvgIpc) is 2.69. The molecule has 0 bridgehead atoms. The second-order valence-corrected chi connectivity index (χ2v) is 7.00. The van der Waals surface area contributed by atoms with Gasteiger partial charge in [0.1, 0.15) is 5.78 Å². The fraction of sp³-hybridized carbons (Fsp3) is 0.682. The fourth-order valence-electron chi connectivity index (χ4n) is 3.07. The molecule has 1 rings (SSSR count). The number of ether oxygens (including phenoxy) is 3. The molecule has 1 fully saturated rings. The Balaban J connectivity index is 2.60. The minimum Gasteiger partial charge on any atom is -0.469 e. The first-order chi connectivity index (χ1) is 13.5. The summed E-state index contributed by atoms with van der Waals surface area (Å²) >= 11 is 0. The number of unbranched alkanes of at least 4 members (excludes halogenated alkanes) is 3. The Kier molecular flexibility index (Phi) is 12.3. The highest BCUT2D eigenvalue weighted by atomic mass is 16.7. The zero-order valence-electron chi connectivity index (χ0n) is 17.4. The lowest BCUT2D eigenvalue weighted by Crippen LogP contribution is -2.41. The van der Waals surface area contributed by atoms with Crippen LogP contribution in [0, 0.1) is 5.92 Å². The van der Waals surface area contributed by atoms with Crippen molar-refractivity contribution in [3.8, 4) is 0 Å². The summed E-state index contributed by atoms with van der Waals surface area (Å²) in [6, 6.07) is 0. The summed E-state index contributed by atoms with van der Waals surface area (Å²) in [5, 5.41) is 0. The topological polar surface area (TPSA) is 78.9 Å². The Hall–Kier alpha value is -1.79. The molecule has 0 aromatic heterocycles. The van der Waals surface area contributed by atoms with Crippen LogP contribution in [0.15, 0.2) is 24.3 Å². The van der Waals surface area contributed by atoms with Gasteiger partial charge in [-0.15, -0.1) is 0 Å². The molecule has 0 radical (unpaired) electrons. The molecular formula is C22H34O6. The first-order valence-corrected chi connectivity index (χ1v) is 10.2. The van der Waals surface area contributed by atoms with Gasteiger partial charge in [0.25, 0.3) is 0 Å². The van der Waals surface area contributed by atoms with Crippen LogP contribution in [0.5, 0.6) is 0 Å². The molecular weight excluding hydrogens is 360 g/mol. The molecule has 0 spiro atoms. The third-order valence-electron chi connectivity index (χ3n) is 4.78. The van der Waals surface area contributed by atoms with E-state index < -0.39 is 12.4 Å². The molecule has 0 aromatic rings. The van der Waals surface area contributed by atoms with E-state index in [1.807, 2.05) is 6.08 Å². The number of allylic oxidation sites excluding steroid dienone is 3. The molecule has 0 amide bonds. The average molecular weight is 395 g/mol. The van der Waals surface area contributed by atoms with Crippen molar-refractivity contribution in [2.75, 3.05) is 14.2 Å². The van der Waals surface area contributed by atoms with Crippen LogP contribution in [0.2, 0.25) is 0 Å². The number of methoxy groups -OCH3 is 2. The Bertz CT molecular complexity index is 551. The van der Waals surface area contributed by atoms with Crippen molar-refractivity contribution in [2.45, 2.75) is 77.1 Å². The quantitative estimate of drug-likeness (QED) is 0.204. The SMILES string of the molecule is CCCCC/C=C\C[C@H]1C(=O)C[C@@H](OC)O[C@@H]1/C=C/C(=O)CCCC(=O)OC. The number of Topliss-reactive ketones (excluding diaryl/α,β-unsaturated/α-hetero) is 1. The van der Waals surface area contributed by atoms with Crippen LogP contribution < -0.4 is 0 Å². The second-order valence-electron chi connectivity index (χ2n) is 7.00. The number of hydrogen-bond donors (Lipinski definition) is 0. The van der Waals surface area contributed by atoms with Gasteiger partial charge in [0, 0.05) is 20.0 Å². The monoisotopic (exact) mass is 394 g/mol. The van der Waals surface area contributed by atoms with Gasteiger partial charge in [0.15, 0.2) is 12.1 Å². The summed E-state index contributed by atoms with van der Waals surface area (Å²) in [5.74, 6) is -0.655. The maximum absolute atomic E-state index is 12.5. The van der Waals surface area contributed by atoms with Gasteiger partial charge in [-0.1, -0.05) is 38.0 Å². The summed E-state index contributed by atoms with van der Waals surface area (Å²) in [7, 11) is 2.83. The van der Waals surface area contributed by atoms with E-state index in [-0.39, 0.29) is 42.7 Å². The Morgan fingerprint density at radius 3 is 2.61 bits per heavy atom. The summed E-state index contributed by atoms with van der Waals surface area (Å²) in [4.78, 5) is 35.6. The third kappa shape index (κ3) is 9.42. The molecule has 158 valence electrons. The van der Waals surface area contributed by atoms with Crippen molar-refractivity contribution in [1.29, 1.82) is 0 Å². The largest absolute Gasteiger partial charge is 0.469 e. The highest BCUT2D eigenvalue weighted by Gasteiger charge is 2.35. The molecule has 6 heteroatoms. The third-order valence-corrected chi connectivity index (χ3v) is 4.78. The van der Waals surface area contributed by atoms with Crippen molar-refractivity contribution in [3.05, 3.63) is 24.3 Å². The van der Waals surface area contributed by atoms with Crippen LogP contribution in [0.1, 0.15) is 64.7 Å². The van der Waals surface area contributed by atoms with E-state index in [9.17, 15) is 14.4 Å². The zero-order valence-corrected chi connectivity index (χ0v) is 17.4. The number of esters is 1. The maximum atomic E-state index is 12.5. The number of rotatable bonds is 13. The number of carbonyl (C=O) groups excluding carboxylic acids is 3. The van der Waals surface area contributed by atoms with Crippen LogP contribution in [-0.4, -0.2) is 44.1 Å². The molecule has 28 heavy (non-hydrogen) atoms. The van der Waals surface area contributed by atoms with E-state index in [4.69, 9.17) is 9.47 Å². The minimum atomic E-state index is -0.582. The standard InChI is InChI=1S/C22H34O6/c1-4-5-6-7-8-9-12-18-19(24)16-22(27-3)28-20(18)15-14-17(23)11-10-13-21(25)26-2/h8-9,14-15,18,20,22H,4-7,10-13,16H2,1-3H3/b9-8-,15-14+/t18-,20+,22-/m0/s1. The van der Waals surface area contributed by atoms with Crippen molar-refractivity contribution in [3.63, 3.8) is 0 Å². The minimum absolute atomic E-state index is 0.0871. The van der Waals surface area contributed by atoms with E-state index in [1.54, 1.807) is 6.08 Å². The van der Waals surface area contributed by atoms with Gasteiger partial charge in [-0.3, -0.25) is 14.4 Å². The van der Waals surface area contributed by atoms with Gasteiger partial charge in [-0.05, 0) is 31.8 Å². The molecule has 1 aliphatic heterocycles. The van der Waals surface area contributed by atoms with Crippen LogP contribution >= 0.6 is 0 Å². The summed E-state index contributed by atoms with van der Waals surface area (Å²) in [6.45, 7) is 2.17. The molecule has 1 aliphatic rings. The van der Waals surface area contributed by atoms with E-state index in [0.717, 1.165) is 12.8 Å². The highest BCUT2D eigenvalue weighted by molar-refractivity contribution is 5.90. The number of carbonyl (C=O) groups is 3. The summed E-state index contributed by atoms with van der Waals surface area (Å²) < 4.78 is 15.6. The second kappa shape index (κ2) is 14.2. The number of hydrogen-bond acceptors (Lipinski definition) is 6. The van der Waals surface area contributed by atoms with Gasteiger partial charge >= 0.3 is 5.97 Å². The Morgan fingerprint density at radius 2 is 1.93 bits per heavy atom. The lowest BCUT2D eigenvalue weighted by atomic mass is 9.88. The van der Waals surface area contributed by atoms with Gasteiger partial charge in [0.05, 0.1) is 25.6 Å². The van der Waals surface area contributed by atoms with Crippen molar-refractivity contribution < 1.29 is 28.6 Å². The Labute approximate surface area is 168 Å².